The maximum atomic E-state index is 13.9. The van der Waals surface area contributed by atoms with Gasteiger partial charge in [-0.2, -0.15) is 0 Å². The first-order valence-corrected chi connectivity index (χ1v) is 12.4. The Labute approximate surface area is 224 Å². The maximum absolute atomic E-state index is 13.9. The lowest BCUT2D eigenvalue weighted by Gasteiger charge is -2.30. The van der Waals surface area contributed by atoms with E-state index in [4.69, 9.17) is 9.47 Å². The Kier molecular flexibility index (Phi) is 7.64. The monoisotopic (exact) mass is 531 g/mol. The molecule has 0 bridgehead atoms. The van der Waals surface area contributed by atoms with Gasteiger partial charge in [0.05, 0.1) is 23.1 Å². The first-order chi connectivity index (χ1) is 18.9. The molecule has 1 aliphatic rings. The third-order valence-corrected chi connectivity index (χ3v) is 6.10. The molecule has 200 valence electrons. The van der Waals surface area contributed by atoms with Crippen LogP contribution in [0.3, 0.4) is 0 Å². The van der Waals surface area contributed by atoms with Crippen molar-refractivity contribution in [2.45, 2.75) is 6.61 Å². The molecule has 0 aliphatic carbocycles. The zero-order valence-corrected chi connectivity index (χ0v) is 21.5. The van der Waals surface area contributed by atoms with Crippen LogP contribution in [0.4, 0.5) is 26.0 Å². The number of fused-ring (bicyclic) bond motifs is 3. The molecule has 0 radical (unpaired) electrons. The van der Waals surface area contributed by atoms with Gasteiger partial charge < -0.3 is 24.6 Å². The molecule has 0 atom stereocenters. The Hall–Kier alpha value is -4.57. The van der Waals surface area contributed by atoms with Crippen LogP contribution in [0.2, 0.25) is 0 Å². The minimum Gasteiger partial charge on any atom is -0.489 e. The number of carbonyl (C=O) groups is 1. The van der Waals surface area contributed by atoms with E-state index in [1.165, 1.54) is 6.33 Å². The number of ether oxygens (including phenoxy) is 2. The Balaban J connectivity index is 1.36. The molecule has 0 saturated carbocycles. The Morgan fingerprint density at radius 1 is 1.13 bits per heavy atom. The van der Waals surface area contributed by atoms with Crippen LogP contribution in [0.1, 0.15) is 5.56 Å². The Morgan fingerprint density at radius 3 is 2.74 bits per heavy atom. The highest BCUT2D eigenvalue weighted by Gasteiger charge is 2.26. The number of halogens is 2. The molecule has 1 aromatic heterocycles. The van der Waals surface area contributed by atoms with E-state index in [1.807, 2.05) is 37.2 Å². The summed E-state index contributed by atoms with van der Waals surface area (Å²) in [4.78, 5) is 25.4. The average molecular weight is 532 g/mol. The highest BCUT2D eigenvalue weighted by molar-refractivity contribution is 6.07. The predicted octanol–water partition coefficient (Wildman–Crippen LogP) is 5.07. The van der Waals surface area contributed by atoms with Gasteiger partial charge in [0.2, 0.25) is 0 Å². The summed E-state index contributed by atoms with van der Waals surface area (Å²) in [5.74, 6) is 0.375. The third-order valence-electron chi connectivity index (χ3n) is 6.10. The average Bonchev–Trinajstić information content (AvgIpc) is 2.93. The van der Waals surface area contributed by atoms with Crippen molar-refractivity contribution in [3.05, 3.63) is 90.3 Å². The largest absolute Gasteiger partial charge is 0.489 e. The molecule has 0 saturated heterocycles. The maximum Gasteiger partial charge on any atom is 0.250 e. The van der Waals surface area contributed by atoms with Crippen LogP contribution >= 0.6 is 0 Å². The van der Waals surface area contributed by atoms with Gasteiger partial charge in [-0.3, -0.25) is 4.79 Å². The number of rotatable bonds is 8. The molecule has 1 amide bonds. The second-order valence-electron chi connectivity index (χ2n) is 9.21. The van der Waals surface area contributed by atoms with Crippen LogP contribution in [0, 0.1) is 11.6 Å². The summed E-state index contributed by atoms with van der Waals surface area (Å²) in [7, 11) is 3.88. The van der Waals surface area contributed by atoms with E-state index in [-0.39, 0.29) is 18.1 Å². The molecule has 5 rings (SSSR count). The van der Waals surface area contributed by atoms with Crippen molar-refractivity contribution in [2.75, 3.05) is 44.0 Å². The van der Waals surface area contributed by atoms with Crippen molar-refractivity contribution in [3.8, 4) is 11.5 Å². The lowest BCUT2D eigenvalue weighted by atomic mass is 10.1. The molecule has 0 unspecified atom stereocenters. The van der Waals surface area contributed by atoms with Crippen LogP contribution < -0.4 is 19.7 Å². The molecular formula is C29H27F2N5O3. The number of benzene rings is 3. The molecule has 0 fully saturated rings. The molecule has 1 aliphatic heterocycles. The number of likely N-dealkylation sites (N-methyl/N-ethyl adjacent to an activating group) is 1. The molecule has 4 aromatic rings. The number of amides is 1. The summed E-state index contributed by atoms with van der Waals surface area (Å²) in [6.07, 6.45) is 4.86. The van der Waals surface area contributed by atoms with E-state index in [0.717, 1.165) is 18.2 Å². The van der Waals surface area contributed by atoms with E-state index < -0.39 is 11.6 Å². The summed E-state index contributed by atoms with van der Waals surface area (Å²) in [6, 6.07) is 13.9. The van der Waals surface area contributed by atoms with Gasteiger partial charge in [-0.25, -0.2) is 18.7 Å². The normalized spacial score (nSPS) is 13.0. The lowest BCUT2D eigenvalue weighted by Crippen LogP contribution is -2.37. The first-order valence-electron chi connectivity index (χ1n) is 12.4. The second-order valence-corrected chi connectivity index (χ2v) is 9.21. The van der Waals surface area contributed by atoms with Crippen molar-refractivity contribution in [2.24, 2.45) is 0 Å². The number of nitrogens with zero attached hydrogens (tertiary/aromatic N) is 4. The van der Waals surface area contributed by atoms with Crippen molar-refractivity contribution in [1.29, 1.82) is 0 Å². The van der Waals surface area contributed by atoms with Gasteiger partial charge in [-0.15, -0.1) is 0 Å². The van der Waals surface area contributed by atoms with E-state index in [0.29, 0.717) is 59.3 Å². The van der Waals surface area contributed by atoms with Crippen molar-refractivity contribution in [1.82, 2.24) is 14.9 Å². The SMILES string of the molecule is CN(C)C/C=C/C(=O)N1CCOc2c1ccc1ncnc(Nc3ccc(OCc4cc(F)ccc4F)cc3)c21. The fourth-order valence-electron chi connectivity index (χ4n) is 4.19. The summed E-state index contributed by atoms with van der Waals surface area (Å²) < 4.78 is 38.9. The summed E-state index contributed by atoms with van der Waals surface area (Å²) in [6.45, 7) is 1.33. The van der Waals surface area contributed by atoms with Gasteiger partial charge in [0.1, 0.15) is 42.7 Å². The first kappa shape index (κ1) is 26.1. The highest BCUT2D eigenvalue weighted by atomic mass is 19.1. The Bertz CT molecular complexity index is 1530. The number of hydrogen-bond acceptors (Lipinski definition) is 7. The molecule has 39 heavy (non-hydrogen) atoms. The fraction of sp³-hybridized carbons (Fsp3) is 0.207. The molecule has 8 nitrogen and oxygen atoms in total. The van der Waals surface area contributed by atoms with Crippen LogP contribution in [0.5, 0.6) is 11.5 Å². The zero-order valence-electron chi connectivity index (χ0n) is 21.5. The third kappa shape index (κ3) is 5.96. The van der Waals surface area contributed by atoms with Gasteiger partial charge in [-0.05, 0) is 68.7 Å². The summed E-state index contributed by atoms with van der Waals surface area (Å²) in [5, 5.41) is 3.95. The topological polar surface area (TPSA) is 79.8 Å². The fourth-order valence-corrected chi connectivity index (χ4v) is 4.19. The number of anilines is 3. The summed E-state index contributed by atoms with van der Waals surface area (Å²) >= 11 is 0. The second kappa shape index (κ2) is 11.4. The number of carbonyl (C=O) groups excluding carboxylic acids is 1. The molecular weight excluding hydrogens is 504 g/mol. The van der Waals surface area contributed by atoms with E-state index in [1.54, 1.807) is 35.2 Å². The molecule has 10 heteroatoms. The minimum atomic E-state index is -0.527. The Morgan fingerprint density at radius 2 is 1.95 bits per heavy atom. The van der Waals surface area contributed by atoms with Gasteiger partial charge >= 0.3 is 0 Å². The number of hydrogen-bond donors (Lipinski definition) is 1. The van der Waals surface area contributed by atoms with Gasteiger partial charge in [0.15, 0.2) is 5.75 Å². The van der Waals surface area contributed by atoms with Crippen LogP contribution in [0.25, 0.3) is 10.9 Å². The van der Waals surface area contributed by atoms with Crippen LogP contribution in [0.15, 0.2) is 73.1 Å². The van der Waals surface area contributed by atoms with E-state index >= 15 is 0 Å². The van der Waals surface area contributed by atoms with Crippen molar-refractivity contribution < 1.29 is 23.0 Å². The molecule has 3 aromatic carbocycles. The highest BCUT2D eigenvalue weighted by Crippen LogP contribution is 2.41. The number of aromatic nitrogens is 2. The molecule has 1 N–H and O–H groups in total. The van der Waals surface area contributed by atoms with Crippen molar-refractivity contribution in [3.63, 3.8) is 0 Å². The van der Waals surface area contributed by atoms with Crippen LogP contribution in [-0.4, -0.2) is 54.6 Å². The number of nitrogens with one attached hydrogen (secondary N) is 1. The lowest BCUT2D eigenvalue weighted by molar-refractivity contribution is -0.114. The molecule has 2 heterocycles. The van der Waals surface area contributed by atoms with Gasteiger partial charge in [0.25, 0.3) is 5.91 Å². The minimum absolute atomic E-state index is 0.101. The summed E-state index contributed by atoms with van der Waals surface area (Å²) in [5.41, 5.74) is 2.17. The van der Waals surface area contributed by atoms with Crippen molar-refractivity contribution >= 4 is 34.0 Å². The van der Waals surface area contributed by atoms with Crippen LogP contribution in [-0.2, 0) is 11.4 Å². The standard InChI is InChI=1S/C29H27F2N5O3/c1-35(2)13-3-4-26(37)36-14-15-38-28-25(36)12-11-24-27(28)29(33-18-32-24)34-21-6-8-22(9-7-21)39-17-19-16-20(30)5-10-23(19)31/h3-12,16,18H,13-15,17H2,1-2H3,(H,32,33,34)/b4-3+. The van der Waals surface area contributed by atoms with E-state index in [9.17, 15) is 13.6 Å². The zero-order chi connectivity index (χ0) is 27.4. The predicted molar refractivity (Wildman–Crippen MR) is 145 cm³/mol. The quantitative estimate of drug-likeness (QED) is 0.318. The molecule has 0 spiro atoms. The van der Waals surface area contributed by atoms with Gasteiger partial charge in [-0.1, -0.05) is 6.08 Å². The van der Waals surface area contributed by atoms with E-state index in [2.05, 4.69) is 15.3 Å². The van der Waals surface area contributed by atoms with Gasteiger partial charge in [0, 0.05) is 23.9 Å². The smallest absolute Gasteiger partial charge is 0.250 e.